The van der Waals surface area contributed by atoms with E-state index in [9.17, 15) is 4.79 Å². The van der Waals surface area contributed by atoms with E-state index in [-0.39, 0.29) is 11.9 Å². The molecule has 0 heterocycles. The van der Waals surface area contributed by atoms with Crippen LogP contribution >= 0.6 is 22.6 Å². The Morgan fingerprint density at radius 1 is 1.15 bits per heavy atom. The van der Waals surface area contributed by atoms with Crippen LogP contribution in [0, 0.1) is 3.57 Å². The number of carbonyl (C=O) groups excluding carboxylic acids is 1. The SMILES string of the molecule is CCc1ccc([C@@H](C)NC(=O)c2ccccc2I)cc1. The van der Waals surface area contributed by atoms with E-state index in [1.54, 1.807) is 0 Å². The van der Waals surface area contributed by atoms with Crippen LogP contribution in [0.5, 0.6) is 0 Å². The molecule has 0 fully saturated rings. The second-order valence-corrected chi connectivity index (χ2v) is 5.93. The van der Waals surface area contributed by atoms with Gasteiger partial charge in [-0.1, -0.05) is 43.3 Å². The molecule has 0 saturated carbocycles. The van der Waals surface area contributed by atoms with Crippen molar-refractivity contribution in [1.29, 1.82) is 0 Å². The fourth-order valence-electron chi connectivity index (χ4n) is 2.05. The summed E-state index contributed by atoms with van der Waals surface area (Å²) in [4.78, 5) is 12.3. The Hall–Kier alpha value is -1.36. The molecule has 0 aliphatic carbocycles. The lowest BCUT2D eigenvalue weighted by Crippen LogP contribution is -2.27. The van der Waals surface area contributed by atoms with Gasteiger partial charge in [0.05, 0.1) is 11.6 Å². The summed E-state index contributed by atoms with van der Waals surface area (Å²) in [6.45, 7) is 4.15. The van der Waals surface area contributed by atoms with Gasteiger partial charge in [-0.05, 0) is 59.2 Å². The van der Waals surface area contributed by atoms with Gasteiger partial charge in [0.2, 0.25) is 0 Å². The lowest BCUT2D eigenvalue weighted by molar-refractivity contribution is 0.0939. The number of amides is 1. The second-order valence-electron chi connectivity index (χ2n) is 4.77. The summed E-state index contributed by atoms with van der Waals surface area (Å²) >= 11 is 2.19. The molecule has 2 aromatic rings. The Kier molecular flexibility index (Phi) is 5.17. The van der Waals surface area contributed by atoms with Crippen molar-refractivity contribution in [3.05, 3.63) is 68.8 Å². The molecule has 3 heteroatoms. The van der Waals surface area contributed by atoms with Gasteiger partial charge in [0, 0.05) is 3.57 Å². The Labute approximate surface area is 133 Å². The third-order valence-electron chi connectivity index (χ3n) is 3.35. The molecule has 0 saturated heterocycles. The minimum atomic E-state index is -0.0259. The number of nitrogens with one attached hydrogen (secondary N) is 1. The molecule has 104 valence electrons. The summed E-state index contributed by atoms with van der Waals surface area (Å²) in [5, 5.41) is 3.05. The Morgan fingerprint density at radius 3 is 2.40 bits per heavy atom. The number of hydrogen-bond acceptors (Lipinski definition) is 1. The van der Waals surface area contributed by atoms with Gasteiger partial charge in [-0.3, -0.25) is 4.79 Å². The average Bonchev–Trinajstić information content (AvgIpc) is 2.47. The van der Waals surface area contributed by atoms with Crippen LogP contribution in [0.1, 0.15) is 41.4 Å². The molecule has 0 aliphatic rings. The van der Waals surface area contributed by atoms with Crippen molar-refractivity contribution in [3.8, 4) is 0 Å². The highest BCUT2D eigenvalue weighted by Gasteiger charge is 2.13. The van der Waals surface area contributed by atoms with Gasteiger partial charge in [-0.2, -0.15) is 0 Å². The van der Waals surface area contributed by atoms with Crippen LogP contribution in [0.2, 0.25) is 0 Å². The van der Waals surface area contributed by atoms with Gasteiger partial charge in [-0.25, -0.2) is 0 Å². The van der Waals surface area contributed by atoms with Crippen molar-refractivity contribution in [2.75, 3.05) is 0 Å². The first-order chi connectivity index (χ1) is 9.61. The maximum atomic E-state index is 12.3. The van der Waals surface area contributed by atoms with E-state index in [1.165, 1.54) is 5.56 Å². The Morgan fingerprint density at radius 2 is 1.80 bits per heavy atom. The fraction of sp³-hybridized carbons (Fsp3) is 0.235. The van der Waals surface area contributed by atoms with Crippen LogP contribution in [0.25, 0.3) is 0 Å². The molecule has 0 aliphatic heterocycles. The molecule has 2 nitrogen and oxygen atoms in total. The van der Waals surface area contributed by atoms with E-state index in [0.717, 1.165) is 21.1 Å². The van der Waals surface area contributed by atoms with Gasteiger partial charge in [0.15, 0.2) is 0 Å². The molecule has 1 N–H and O–H groups in total. The van der Waals surface area contributed by atoms with Crippen molar-refractivity contribution in [3.63, 3.8) is 0 Å². The maximum absolute atomic E-state index is 12.3. The molecule has 0 aromatic heterocycles. The summed E-state index contributed by atoms with van der Waals surface area (Å²) in [6, 6.07) is 16.0. The maximum Gasteiger partial charge on any atom is 0.252 e. The van der Waals surface area contributed by atoms with Crippen LogP contribution in [0.15, 0.2) is 48.5 Å². The summed E-state index contributed by atoms with van der Waals surface area (Å²) in [5.74, 6) is -0.0259. The van der Waals surface area contributed by atoms with Crippen LogP contribution in [-0.4, -0.2) is 5.91 Å². The molecule has 20 heavy (non-hydrogen) atoms. The lowest BCUT2D eigenvalue weighted by Gasteiger charge is -2.15. The minimum absolute atomic E-state index is 0.00409. The van der Waals surface area contributed by atoms with E-state index in [2.05, 4.69) is 59.1 Å². The number of hydrogen-bond donors (Lipinski definition) is 1. The molecule has 2 aromatic carbocycles. The summed E-state index contributed by atoms with van der Waals surface area (Å²) < 4.78 is 0.969. The van der Waals surface area contributed by atoms with Crippen molar-refractivity contribution in [2.45, 2.75) is 26.3 Å². The lowest BCUT2D eigenvalue weighted by atomic mass is 10.0. The highest BCUT2D eigenvalue weighted by Crippen LogP contribution is 2.16. The zero-order valence-electron chi connectivity index (χ0n) is 11.7. The third-order valence-corrected chi connectivity index (χ3v) is 4.29. The summed E-state index contributed by atoms with van der Waals surface area (Å²) in [5.41, 5.74) is 3.16. The molecule has 0 radical (unpaired) electrons. The largest absolute Gasteiger partial charge is 0.345 e. The quantitative estimate of drug-likeness (QED) is 0.787. The number of halogens is 1. The number of aryl methyl sites for hydroxylation is 1. The van der Waals surface area contributed by atoms with Crippen molar-refractivity contribution in [2.24, 2.45) is 0 Å². The number of carbonyl (C=O) groups is 1. The fourth-order valence-corrected chi connectivity index (χ4v) is 2.68. The normalized spacial score (nSPS) is 11.9. The molecule has 0 spiro atoms. The van der Waals surface area contributed by atoms with Crippen LogP contribution in [0.4, 0.5) is 0 Å². The van der Waals surface area contributed by atoms with Gasteiger partial charge in [0.25, 0.3) is 5.91 Å². The van der Waals surface area contributed by atoms with Gasteiger partial charge in [-0.15, -0.1) is 0 Å². The monoisotopic (exact) mass is 379 g/mol. The molecule has 0 unspecified atom stereocenters. The minimum Gasteiger partial charge on any atom is -0.345 e. The van der Waals surface area contributed by atoms with Crippen LogP contribution in [0.3, 0.4) is 0 Å². The smallest absolute Gasteiger partial charge is 0.252 e. The van der Waals surface area contributed by atoms with E-state index in [4.69, 9.17) is 0 Å². The Bertz CT molecular complexity index is 592. The van der Waals surface area contributed by atoms with E-state index in [1.807, 2.05) is 31.2 Å². The zero-order chi connectivity index (χ0) is 14.5. The Balaban J connectivity index is 2.09. The topological polar surface area (TPSA) is 29.1 Å². The highest BCUT2D eigenvalue weighted by atomic mass is 127. The van der Waals surface area contributed by atoms with Gasteiger partial charge in [0.1, 0.15) is 0 Å². The summed E-state index contributed by atoms with van der Waals surface area (Å²) in [6.07, 6.45) is 1.03. The molecular formula is C17H18INO. The first-order valence-corrected chi connectivity index (χ1v) is 7.84. The van der Waals surface area contributed by atoms with Gasteiger partial charge < -0.3 is 5.32 Å². The first kappa shape index (κ1) is 15.0. The standard InChI is InChI=1S/C17H18INO/c1-3-13-8-10-14(11-9-13)12(2)19-17(20)15-6-4-5-7-16(15)18/h4-12H,3H2,1-2H3,(H,19,20)/t12-/m1/s1. The molecule has 1 amide bonds. The van der Waals surface area contributed by atoms with Crippen LogP contribution < -0.4 is 5.32 Å². The van der Waals surface area contributed by atoms with Crippen LogP contribution in [-0.2, 0) is 6.42 Å². The van der Waals surface area contributed by atoms with Crippen molar-refractivity contribution < 1.29 is 4.79 Å². The predicted molar refractivity (Wildman–Crippen MR) is 90.9 cm³/mol. The predicted octanol–water partition coefficient (Wildman–Crippen LogP) is 4.34. The molecule has 1 atom stereocenters. The zero-order valence-corrected chi connectivity index (χ0v) is 13.8. The van der Waals surface area contributed by atoms with Gasteiger partial charge >= 0.3 is 0 Å². The second kappa shape index (κ2) is 6.88. The van der Waals surface area contributed by atoms with Crippen molar-refractivity contribution >= 4 is 28.5 Å². The molecular weight excluding hydrogens is 361 g/mol. The van der Waals surface area contributed by atoms with E-state index >= 15 is 0 Å². The molecule has 0 bridgehead atoms. The number of rotatable bonds is 4. The third kappa shape index (κ3) is 3.60. The van der Waals surface area contributed by atoms with Crippen molar-refractivity contribution in [1.82, 2.24) is 5.32 Å². The highest BCUT2D eigenvalue weighted by molar-refractivity contribution is 14.1. The average molecular weight is 379 g/mol. The molecule has 2 rings (SSSR count). The van der Waals surface area contributed by atoms with E-state index in [0.29, 0.717) is 0 Å². The summed E-state index contributed by atoms with van der Waals surface area (Å²) in [7, 11) is 0. The van der Waals surface area contributed by atoms with E-state index < -0.39 is 0 Å². The first-order valence-electron chi connectivity index (χ1n) is 6.76. The number of benzene rings is 2.